The van der Waals surface area contributed by atoms with Gasteiger partial charge in [0.1, 0.15) is 24.7 Å². The van der Waals surface area contributed by atoms with Gasteiger partial charge in [-0.3, -0.25) is 9.59 Å². The molecule has 0 bridgehead atoms. The van der Waals surface area contributed by atoms with Crippen LogP contribution in [0.1, 0.15) is 54.8 Å². The van der Waals surface area contributed by atoms with Gasteiger partial charge in [-0.15, -0.1) is 0 Å². The van der Waals surface area contributed by atoms with Crippen LogP contribution < -0.4 is 16.3 Å². The molecule has 14 heteroatoms. The number of nitrogens with two attached hydrogens (primary N) is 2. The van der Waals surface area contributed by atoms with Crippen LogP contribution in [-0.4, -0.2) is 85.0 Å². The molecule has 3 fully saturated rings. The van der Waals surface area contributed by atoms with Gasteiger partial charge in [0.05, 0.1) is 17.7 Å². The number of halogens is 3. The molecule has 1 saturated carbocycles. The lowest BCUT2D eigenvalue weighted by Gasteiger charge is -2.43. The van der Waals surface area contributed by atoms with Crippen LogP contribution in [0.25, 0.3) is 0 Å². The summed E-state index contributed by atoms with van der Waals surface area (Å²) < 4.78 is 45.0. The zero-order valence-electron chi connectivity index (χ0n) is 27.4. The van der Waals surface area contributed by atoms with E-state index in [2.05, 4.69) is 0 Å². The summed E-state index contributed by atoms with van der Waals surface area (Å²) >= 11 is 6.73. The van der Waals surface area contributed by atoms with Gasteiger partial charge in [-0.25, -0.2) is 19.4 Å². The highest BCUT2D eigenvalue weighted by atomic mass is 35.5. The summed E-state index contributed by atoms with van der Waals surface area (Å²) in [5.41, 5.74) is 7.28. The average molecular weight is 702 g/mol. The molecule has 3 heterocycles. The van der Waals surface area contributed by atoms with Crippen LogP contribution in [-0.2, 0) is 36.9 Å². The van der Waals surface area contributed by atoms with Crippen LogP contribution >= 0.6 is 11.6 Å². The predicted octanol–water partition coefficient (Wildman–Crippen LogP) is 3.94. The lowest BCUT2D eigenvalue weighted by molar-refractivity contribution is -0.173. The zero-order valence-corrected chi connectivity index (χ0v) is 28.2. The van der Waals surface area contributed by atoms with Gasteiger partial charge in [0.25, 0.3) is 6.43 Å². The molecule has 1 aliphatic carbocycles. The number of hydrogen-bond donors (Lipinski definition) is 2. The van der Waals surface area contributed by atoms with E-state index >= 15 is 0 Å². The Labute approximate surface area is 289 Å². The number of hydrazine groups is 1. The van der Waals surface area contributed by atoms with Gasteiger partial charge in [-0.05, 0) is 60.8 Å². The quantitative estimate of drug-likeness (QED) is 0.203. The SMILES string of the molecule is CN(N)/C(=C(\N)COc1ccc(Cl)c2c1C(CN1CC3(CC3)CC1=O)N(C(=O)C1CCCOC1C(=O)OCc1ccccc1)CC2)C(F)F. The number of ether oxygens (including phenoxy) is 3. The number of benzene rings is 2. The average Bonchev–Trinajstić information content (AvgIpc) is 3.76. The van der Waals surface area contributed by atoms with Crippen molar-refractivity contribution in [3.8, 4) is 5.75 Å². The van der Waals surface area contributed by atoms with Crippen molar-refractivity contribution in [2.45, 2.75) is 63.7 Å². The molecule has 2 amide bonds. The van der Waals surface area contributed by atoms with E-state index in [1.54, 1.807) is 21.9 Å². The maximum Gasteiger partial charge on any atom is 0.336 e. The Kier molecular flexibility index (Phi) is 10.3. The summed E-state index contributed by atoms with van der Waals surface area (Å²) in [5, 5.41) is 1.21. The van der Waals surface area contributed by atoms with Crippen molar-refractivity contribution in [3.05, 3.63) is 75.6 Å². The highest BCUT2D eigenvalue weighted by Gasteiger charge is 2.53. The van der Waals surface area contributed by atoms with Crippen LogP contribution in [0.4, 0.5) is 8.78 Å². The van der Waals surface area contributed by atoms with Crippen LogP contribution in [0.3, 0.4) is 0 Å². The van der Waals surface area contributed by atoms with Gasteiger partial charge in [0, 0.05) is 50.3 Å². The first kappa shape index (κ1) is 34.9. The molecular formula is C35H42ClF2N5O6. The molecule has 49 heavy (non-hydrogen) atoms. The molecule has 3 aliphatic heterocycles. The van der Waals surface area contributed by atoms with Gasteiger partial charge >= 0.3 is 5.97 Å². The van der Waals surface area contributed by atoms with Crippen molar-refractivity contribution in [1.82, 2.24) is 14.8 Å². The first-order valence-corrected chi connectivity index (χ1v) is 17.0. The van der Waals surface area contributed by atoms with Crippen molar-refractivity contribution in [2.24, 2.45) is 22.9 Å². The first-order valence-electron chi connectivity index (χ1n) is 16.6. The van der Waals surface area contributed by atoms with E-state index in [1.165, 1.54) is 7.05 Å². The van der Waals surface area contributed by atoms with Crippen LogP contribution in [0, 0.1) is 11.3 Å². The molecule has 0 radical (unpaired) electrons. The number of carbonyl (C=O) groups is 3. The highest BCUT2D eigenvalue weighted by molar-refractivity contribution is 6.31. The molecule has 3 unspecified atom stereocenters. The Morgan fingerprint density at radius 2 is 1.94 bits per heavy atom. The lowest BCUT2D eigenvalue weighted by Crippen LogP contribution is -2.52. The number of allylic oxidation sites excluding steroid dienone is 1. The number of fused-ring (bicyclic) bond motifs is 1. The second-order valence-electron chi connectivity index (χ2n) is 13.4. The monoisotopic (exact) mass is 701 g/mol. The topological polar surface area (TPSA) is 141 Å². The molecule has 4 N–H and O–H groups in total. The van der Waals surface area contributed by atoms with E-state index < -0.39 is 42.8 Å². The minimum atomic E-state index is -2.93. The number of esters is 1. The van der Waals surface area contributed by atoms with Crippen molar-refractivity contribution in [2.75, 3.05) is 39.9 Å². The van der Waals surface area contributed by atoms with E-state index in [4.69, 9.17) is 37.4 Å². The van der Waals surface area contributed by atoms with Gasteiger partial charge in [0.15, 0.2) is 6.10 Å². The molecule has 1 spiro atoms. The van der Waals surface area contributed by atoms with Gasteiger partial charge < -0.3 is 34.8 Å². The molecule has 264 valence electrons. The molecule has 0 aromatic heterocycles. The molecule has 4 aliphatic rings. The Balaban J connectivity index is 1.31. The maximum absolute atomic E-state index is 14.6. The van der Waals surface area contributed by atoms with Crippen molar-refractivity contribution in [3.63, 3.8) is 0 Å². The number of likely N-dealkylation sites (tertiary alicyclic amines) is 1. The number of nitrogens with zero attached hydrogens (tertiary/aromatic N) is 3. The Morgan fingerprint density at radius 3 is 2.61 bits per heavy atom. The minimum absolute atomic E-state index is 0.00428. The zero-order chi connectivity index (χ0) is 34.9. The normalized spacial score (nSPS) is 23.3. The van der Waals surface area contributed by atoms with E-state index in [0.717, 1.165) is 29.0 Å². The number of alkyl halides is 2. The highest BCUT2D eigenvalue weighted by Crippen LogP contribution is 2.54. The second kappa shape index (κ2) is 14.5. The van der Waals surface area contributed by atoms with Crippen molar-refractivity contribution in [1.29, 1.82) is 0 Å². The van der Waals surface area contributed by atoms with Crippen molar-refractivity contribution < 1.29 is 37.4 Å². The van der Waals surface area contributed by atoms with Crippen LogP contribution in [0.15, 0.2) is 53.9 Å². The summed E-state index contributed by atoms with van der Waals surface area (Å²) in [6.07, 6.45) is -0.282. The third-order valence-corrected chi connectivity index (χ3v) is 10.4. The second-order valence-corrected chi connectivity index (χ2v) is 13.8. The number of rotatable bonds is 11. The molecule has 11 nitrogen and oxygen atoms in total. The molecule has 2 saturated heterocycles. The Hall–Kier alpha value is -3.94. The summed E-state index contributed by atoms with van der Waals surface area (Å²) in [4.78, 5) is 44.7. The Bertz CT molecular complexity index is 1590. The number of amides is 2. The predicted molar refractivity (Wildman–Crippen MR) is 176 cm³/mol. The lowest BCUT2D eigenvalue weighted by atomic mass is 9.87. The molecule has 2 aromatic carbocycles. The van der Waals surface area contributed by atoms with Gasteiger partial charge in [-0.1, -0.05) is 41.9 Å². The molecule has 2 aromatic rings. The van der Waals surface area contributed by atoms with E-state index in [9.17, 15) is 23.2 Å². The van der Waals surface area contributed by atoms with Crippen LogP contribution in [0.2, 0.25) is 5.02 Å². The third kappa shape index (κ3) is 7.48. The fraction of sp³-hybridized carbons (Fsp3) is 0.514. The summed E-state index contributed by atoms with van der Waals surface area (Å²) in [6.45, 7) is 0.966. The van der Waals surface area contributed by atoms with Crippen LogP contribution in [0.5, 0.6) is 5.75 Å². The third-order valence-electron chi connectivity index (χ3n) is 10.0. The molecule has 3 atom stereocenters. The summed E-state index contributed by atoms with van der Waals surface area (Å²) in [7, 11) is 1.26. The van der Waals surface area contributed by atoms with Gasteiger partial charge in [0.2, 0.25) is 11.8 Å². The fourth-order valence-electron chi connectivity index (χ4n) is 7.27. The maximum atomic E-state index is 14.6. The van der Waals surface area contributed by atoms with E-state index in [-0.39, 0.29) is 42.6 Å². The smallest absolute Gasteiger partial charge is 0.336 e. The van der Waals surface area contributed by atoms with Gasteiger partial charge in [-0.2, -0.15) is 0 Å². The minimum Gasteiger partial charge on any atom is -0.487 e. The molecule has 6 rings (SSSR count). The van der Waals surface area contributed by atoms with Crippen molar-refractivity contribution >= 4 is 29.4 Å². The number of carbonyl (C=O) groups excluding carboxylic acids is 3. The Morgan fingerprint density at radius 1 is 1.18 bits per heavy atom. The summed E-state index contributed by atoms with van der Waals surface area (Å²) in [5.74, 6) is 4.17. The largest absolute Gasteiger partial charge is 0.487 e. The standard InChI is InChI=1S/C35H42ClF2N5O6/c1-41(40)30(32(37)38)25(39)19-48-27-10-9-24(36)22-11-14-43(26(29(22)27)17-42-20-35(12-13-35)16-28(42)44)33(45)23-8-5-15-47-31(23)34(46)49-18-21-6-3-2-4-7-21/h2-4,6-7,9-10,23,26,31-32H,5,8,11-20,39-40H2,1H3/b30-25-. The first-order chi connectivity index (χ1) is 23.5. The molecular weight excluding hydrogens is 660 g/mol. The summed E-state index contributed by atoms with van der Waals surface area (Å²) in [6, 6.07) is 11.8. The fourth-order valence-corrected chi connectivity index (χ4v) is 7.53. The number of hydrogen-bond acceptors (Lipinski definition) is 9. The van der Waals surface area contributed by atoms with E-state index in [1.807, 2.05) is 30.3 Å². The van der Waals surface area contributed by atoms with E-state index in [0.29, 0.717) is 55.2 Å².